The van der Waals surface area contributed by atoms with Gasteiger partial charge in [0.1, 0.15) is 16.7 Å². The molecule has 0 aliphatic rings. The van der Waals surface area contributed by atoms with E-state index in [1.807, 2.05) is 24.3 Å². The molecule has 1 amide bonds. The number of halogens is 5. The van der Waals surface area contributed by atoms with Crippen LogP contribution in [0.5, 0.6) is 23.0 Å². The van der Waals surface area contributed by atoms with Gasteiger partial charge in [-0.2, -0.15) is 21.0 Å². The Labute approximate surface area is 298 Å². The SMILES string of the molecule is N#Cc1cc(C#N)cc(Oc2c(Cl)ccc(CN)c2F)c1.N#Cc1cc(C#N)cc(Oc2c(Cl)ccc(CNC(=O)c3nc[nH]c3Cl)c2F)c1. The maximum atomic E-state index is 14.9. The largest absolute Gasteiger partial charge is 0.453 e. The number of rotatable bonds is 8. The number of nitrogens with two attached hydrogens (primary N) is 1. The van der Waals surface area contributed by atoms with Crippen molar-refractivity contribution < 1.29 is 23.0 Å². The van der Waals surface area contributed by atoms with Gasteiger partial charge in [-0.1, -0.05) is 46.9 Å². The van der Waals surface area contributed by atoms with Crippen molar-refractivity contribution in [1.29, 1.82) is 21.0 Å². The van der Waals surface area contributed by atoms with Crippen LogP contribution in [0.15, 0.2) is 67.0 Å². The molecule has 1 aromatic heterocycles. The van der Waals surface area contributed by atoms with Gasteiger partial charge in [0.05, 0.1) is 62.9 Å². The summed E-state index contributed by atoms with van der Waals surface area (Å²) < 4.78 is 40.0. The molecule has 11 nitrogen and oxygen atoms in total. The molecule has 0 bridgehead atoms. The fraction of sp³-hybridized carbons (Fsp3) is 0.0588. The Hall–Kier alpha value is -6.19. The van der Waals surface area contributed by atoms with Gasteiger partial charge < -0.3 is 25.5 Å². The van der Waals surface area contributed by atoms with Crippen LogP contribution >= 0.6 is 34.8 Å². The second kappa shape index (κ2) is 16.8. The summed E-state index contributed by atoms with van der Waals surface area (Å²) in [5, 5.41) is 38.5. The number of aromatic nitrogens is 2. The van der Waals surface area contributed by atoms with E-state index in [-0.39, 0.29) is 90.4 Å². The second-order valence-corrected chi connectivity index (χ2v) is 11.0. The molecule has 5 rings (SSSR count). The van der Waals surface area contributed by atoms with Crippen molar-refractivity contribution >= 4 is 40.7 Å². The lowest BCUT2D eigenvalue weighted by atomic mass is 10.1. The molecule has 0 saturated carbocycles. The van der Waals surface area contributed by atoms with E-state index in [9.17, 15) is 13.6 Å². The van der Waals surface area contributed by atoms with Crippen LogP contribution in [-0.4, -0.2) is 15.9 Å². The number of hydrogen-bond donors (Lipinski definition) is 3. The molecule has 0 fully saturated rings. The summed E-state index contributed by atoms with van der Waals surface area (Å²) >= 11 is 17.8. The summed E-state index contributed by atoms with van der Waals surface area (Å²) in [7, 11) is 0. The number of hydrogen-bond acceptors (Lipinski definition) is 9. The molecule has 0 radical (unpaired) electrons. The standard InChI is InChI=1S/C19H10Cl2FN5O2.C15H9ClFN3O/c20-14-2-1-12(8-25-19(28)16-18(21)27-9-26-16)15(22)17(14)29-13-4-10(6-23)3-11(5-13)7-24;16-13-2-1-11(8-20)14(17)15(13)21-12-4-9(6-18)3-10(5-12)7-19/h1-5,9H,8H2,(H,25,28)(H,26,27);1-5H,8,20H2. The van der Waals surface area contributed by atoms with E-state index in [0.29, 0.717) is 0 Å². The van der Waals surface area contributed by atoms with Crippen LogP contribution in [0.4, 0.5) is 8.78 Å². The molecule has 50 heavy (non-hydrogen) atoms. The van der Waals surface area contributed by atoms with Crippen molar-refractivity contribution in [3.63, 3.8) is 0 Å². The molecule has 0 spiro atoms. The molecule has 16 heteroatoms. The lowest BCUT2D eigenvalue weighted by Gasteiger charge is -2.13. The average Bonchev–Trinajstić information content (AvgIpc) is 3.57. The van der Waals surface area contributed by atoms with E-state index in [2.05, 4.69) is 15.3 Å². The number of nitrogens with one attached hydrogen (secondary N) is 2. The first-order valence-electron chi connectivity index (χ1n) is 13.9. The predicted molar refractivity (Wildman–Crippen MR) is 177 cm³/mol. The Morgan fingerprint density at radius 1 is 0.760 bits per heavy atom. The highest BCUT2D eigenvalue weighted by Gasteiger charge is 2.19. The average molecular weight is 732 g/mol. The summed E-state index contributed by atoms with van der Waals surface area (Å²) in [5.41, 5.74) is 6.58. The molecule has 0 saturated heterocycles. The molecule has 0 unspecified atom stereocenters. The Morgan fingerprint density at radius 2 is 1.20 bits per heavy atom. The highest BCUT2D eigenvalue weighted by molar-refractivity contribution is 6.33. The zero-order chi connectivity index (χ0) is 36.4. The summed E-state index contributed by atoms with van der Waals surface area (Å²) in [6.07, 6.45) is 1.26. The number of amides is 1. The van der Waals surface area contributed by atoms with Crippen LogP contribution in [0, 0.1) is 57.0 Å². The number of imidazole rings is 1. The van der Waals surface area contributed by atoms with Gasteiger partial charge in [0, 0.05) is 24.2 Å². The topological polar surface area (TPSA) is 197 Å². The molecule has 4 N–H and O–H groups in total. The third-order valence-electron chi connectivity index (χ3n) is 6.49. The number of nitriles is 4. The van der Waals surface area contributed by atoms with Gasteiger partial charge in [0.2, 0.25) is 0 Å². The summed E-state index contributed by atoms with van der Waals surface area (Å²) in [5.74, 6) is -2.30. The Bertz CT molecular complexity index is 2210. The predicted octanol–water partition coefficient (Wildman–Crippen LogP) is 7.79. The minimum Gasteiger partial charge on any atom is -0.453 e. The molecule has 0 atom stereocenters. The number of aromatic amines is 1. The summed E-state index contributed by atoms with van der Waals surface area (Å²) in [4.78, 5) is 18.4. The van der Waals surface area contributed by atoms with Crippen molar-refractivity contribution in [1.82, 2.24) is 15.3 Å². The van der Waals surface area contributed by atoms with Gasteiger partial charge in [-0.15, -0.1) is 0 Å². The minimum absolute atomic E-state index is 0.00103. The summed E-state index contributed by atoms with van der Waals surface area (Å²) in [6.45, 7) is -0.176. The number of benzene rings is 4. The van der Waals surface area contributed by atoms with Crippen molar-refractivity contribution in [3.8, 4) is 47.3 Å². The van der Waals surface area contributed by atoms with Crippen LogP contribution in [0.3, 0.4) is 0 Å². The van der Waals surface area contributed by atoms with Gasteiger partial charge >= 0.3 is 0 Å². The zero-order valence-corrected chi connectivity index (χ0v) is 27.5. The van der Waals surface area contributed by atoms with Gasteiger partial charge in [-0.05, 0) is 48.5 Å². The van der Waals surface area contributed by atoms with Crippen LogP contribution in [-0.2, 0) is 13.1 Å². The number of carbonyl (C=O) groups is 1. The summed E-state index contributed by atoms with van der Waals surface area (Å²) in [6, 6.07) is 21.6. The first-order valence-corrected chi connectivity index (χ1v) is 15.0. The van der Waals surface area contributed by atoms with Gasteiger partial charge in [0.25, 0.3) is 5.91 Å². The van der Waals surface area contributed by atoms with Crippen molar-refractivity contribution in [2.24, 2.45) is 5.73 Å². The molecule has 5 aromatic rings. The number of H-pyrrole nitrogens is 1. The van der Waals surface area contributed by atoms with E-state index in [1.54, 1.807) is 0 Å². The maximum absolute atomic E-state index is 14.9. The molecule has 0 aliphatic carbocycles. The quantitative estimate of drug-likeness (QED) is 0.143. The second-order valence-electron chi connectivity index (χ2n) is 9.79. The first kappa shape index (κ1) is 36.6. The molecular weight excluding hydrogens is 713 g/mol. The molecule has 1 heterocycles. The van der Waals surface area contributed by atoms with Crippen LogP contribution in [0.1, 0.15) is 43.9 Å². The fourth-order valence-electron chi connectivity index (χ4n) is 4.13. The van der Waals surface area contributed by atoms with E-state index >= 15 is 0 Å². The smallest absolute Gasteiger partial charge is 0.273 e. The monoisotopic (exact) mass is 730 g/mol. The maximum Gasteiger partial charge on any atom is 0.273 e. The van der Waals surface area contributed by atoms with Gasteiger partial charge in [-0.25, -0.2) is 13.8 Å². The Balaban J connectivity index is 0.000000237. The number of carbonyl (C=O) groups excluding carboxylic acids is 1. The van der Waals surface area contributed by atoms with E-state index in [0.717, 1.165) is 0 Å². The number of nitrogens with zero attached hydrogens (tertiary/aromatic N) is 5. The fourth-order valence-corrected chi connectivity index (χ4v) is 4.69. The third-order valence-corrected chi connectivity index (χ3v) is 7.38. The molecule has 248 valence electrons. The van der Waals surface area contributed by atoms with Crippen LogP contribution in [0.25, 0.3) is 0 Å². The van der Waals surface area contributed by atoms with Crippen molar-refractivity contribution in [3.05, 3.63) is 133 Å². The van der Waals surface area contributed by atoms with Crippen molar-refractivity contribution in [2.75, 3.05) is 0 Å². The van der Waals surface area contributed by atoms with Gasteiger partial charge in [0.15, 0.2) is 28.8 Å². The molecule has 4 aromatic carbocycles. The van der Waals surface area contributed by atoms with E-state index in [4.69, 9.17) is 71.1 Å². The van der Waals surface area contributed by atoms with E-state index < -0.39 is 17.5 Å². The number of ether oxygens (including phenoxy) is 2. The Morgan fingerprint density at radius 3 is 1.60 bits per heavy atom. The zero-order valence-electron chi connectivity index (χ0n) is 25.2. The highest BCUT2D eigenvalue weighted by atomic mass is 35.5. The Kier molecular flexibility index (Phi) is 12.3. The van der Waals surface area contributed by atoms with Crippen LogP contribution in [0.2, 0.25) is 15.2 Å². The lowest BCUT2D eigenvalue weighted by Crippen LogP contribution is -2.24. The van der Waals surface area contributed by atoms with E-state index in [1.165, 1.54) is 67.0 Å². The van der Waals surface area contributed by atoms with Crippen LogP contribution < -0.4 is 20.5 Å². The highest BCUT2D eigenvalue weighted by Crippen LogP contribution is 2.36. The minimum atomic E-state index is -0.799. The molecule has 0 aliphatic heterocycles. The van der Waals surface area contributed by atoms with Gasteiger partial charge in [-0.3, -0.25) is 4.79 Å². The third kappa shape index (κ3) is 8.83. The first-order chi connectivity index (χ1) is 24.0. The van der Waals surface area contributed by atoms with Crippen molar-refractivity contribution in [2.45, 2.75) is 13.1 Å². The normalized spacial score (nSPS) is 9.96. The molecular formula is C34H19Cl3F2N8O3. The lowest BCUT2D eigenvalue weighted by molar-refractivity contribution is 0.0946.